The molecule has 68 valence electrons. The molecular weight excluding hydrogens is 140 g/mol. The summed E-state index contributed by atoms with van der Waals surface area (Å²) in [5.41, 5.74) is 10.6. The first kappa shape index (κ1) is 10.9. The van der Waals surface area contributed by atoms with Crippen LogP contribution >= 0.6 is 0 Å². The molecule has 0 aliphatic heterocycles. The standard InChI is InChI=1S/C8H20N2O/c1-6(2)3-4-7(11)5-8(9)10/h6-8,11H,3-5,9-10H2,1-2H3/t7-/m1/s1. The summed E-state index contributed by atoms with van der Waals surface area (Å²) in [7, 11) is 0. The first-order chi connectivity index (χ1) is 5.02. The van der Waals surface area contributed by atoms with Crippen LogP contribution in [0, 0.1) is 5.92 Å². The van der Waals surface area contributed by atoms with Crippen LogP contribution in [0.3, 0.4) is 0 Å². The fourth-order valence-corrected chi connectivity index (χ4v) is 0.958. The largest absolute Gasteiger partial charge is 0.393 e. The molecule has 0 heterocycles. The highest BCUT2D eigenvalue weighted by molar-refractivity contribution is 4.62. The van der Waals surface area contributed by atoms with Crippen molar-refractivity contribution in [2.45, 2.75) is 45.4 Å². The molecule has 0 aliphatic rings. The third-order valence-electron chi connectivity index (χ3n) is 1.62. The van der Waals surface area contributed by atoms with Gasteiger partial charge in [-0.05, 0) is 18.8 Å². The molecule has 0 aliphatic carbocycles. The maximum Gasteiger partial charge on any atom is 0.0567 e. The van der Waals surface area contributed by atoms with Crippen molar-refractivity contribution in [3.05, 3.63) is 0 Å². The fraction of sp³-hybridized carbons (Fsp3) is 1.00. The van der Waals surface area contributed by atoms with Crippen LogP contribution in [0.25, 0.3) is 0 Å². The van der Waals surface area contributed by atoms with Gasteiger partial charge in [0, 0.05) is 6.42 Å². The molecule has 0 saturated heterocycles. The zero-order valence-electron chi connectivity index (χ0n) is 7.46. The summed E-state index contributed by atoms with van der Waals surface area (Å²) in [4.78, 5) is 0. The fourth-order valence-electron chi connectivity index (χ4n) is 0.958. The lowest BCUT2D eigenvalue weighted by Gasteiger charge is -2.13. The van der Waals surface area contributed by atoms with Crippen molar-refractivity contribution in [2.75, 3.05) is 0 Å². The summed E-state index contributed by atoms with van der Waals surface area (Å²) >= 11 is 0. The number of aliphatic hydroxyl groups excluding tert-OH is 1. The Morgan fingerprint density at radius 3 is 2.09 bits per heavy atom. The van der Waals surface area contributed by atoms with E-state index < -0.39 is 0 Å². The number of nitrogens with two attached hydrogens (primary N) is 2. The van der Waals surface area contributed by atoms with Crippen LogP contribution in [0.5, 0.6) is 0 Å². The van der Waals surface area contributed by atoms with Gasteiger partial charge in [0.2, 0.25) is 0 Å². The van der Waals surface area contributed by atoms with Gasteiger partial charge < -0.3 is 16.6 Å². The van der Waals surface area contributed by atoms with Crippen molar-refractivity contribution in [1.82, 2.24) is 0 Å². The maximum absolute atomic E-state index is 9.31. The van der Waals surface area contributed by atoms with E-state index in [0.29, 0.717) is 12.3 Å². The molecule has 0 amide bonds. The van der Waals surface area contributed by atoms with Gasteiger partial charge >= 0.3 is 0 Å². The summed E-state index contributed by atoms with van der Waals surface area (Å²) in [6.07, 6.45) is 1.65. The Bertz CT molecular complexity index is 94.1. The Kier molecular flexibility index (Phi) is 5.46. The minimum Gasteiger partial charge on any atom is -0.393 e. The smallest absolute Gasteiger partial charge is 0.0567 e. The predicted molar refractivity (Wildman–Crippen MR) is 46.9 cm³/mol. The summed E-state index contributed by atoms with van der Waals surface area (Å²) in [6, 6.07) is 0. The Morgan fingerprint density at radius 1 is 1.18 bits per heavy atom. The predicted octanol–water partition coefficient (Wildman–Crippen LogP) is 0.417. The minimum atomic E-state index is -0.378. The van der Waals surface area contributed by atoms with E-state index in [4.69, 9.17) is 11.5 Å². The van der Waals surface area contributed by atoms with Gasteiger partial charge in [-0.1, -0.05) is 13.8 Å². The van der Waals surface area contributed by atoms with Crippen LogP contribution in [0.4, 0.5) is 0 Å². The van der Waals surface area contributed by atoms with Gasteiger partial charge in [0.1, 0.15) is 0 Å². The molecule has 0 aromatic carbocycles. The van der Waals surface area contributed by atoms with E-state index in [2.05, 4.69) is 13.8 Å². The SMILES string of the molecule is CC(C)CC[C@@H](O)CC(N)N. The average Bonchev–Trinajstić information content (AvgIpc) is 1.82. The molecule has 0 aromatic rings. The number of aliphatic hydroxyl groups is 1. The zero-order valence-corrected chi connectivity index (χ0v) is 7.46. The number of rotatable bonds is 5. The van der Waals surface area contributed by atoms with E-state index in [1.54, 1.807) is 0 Å². The molecule has 0 saturated carbocycles. The van der Waals surface area contributed by atoms with Crippen molar-refractivity contribution in [3.63, 3.8) is 0 Å². The molecule has 0 bridgehead atoms. The van der Waals surface area contributed by atoms with Crippen LogP contribution in [-0.4, -0.2) is 17.4 Å². The summed E-state index contributed by atoms with van der Waals surface area (Å²) < 4.78 is 0. The Hall–Kier alpha value is -0.120. The van der Waals surface area contributed by atoms with Gasteiger partial charge in [0.25, 0.3) is 0 Å². The molecular formula is C8H20N2O. The molecule has 0 unspecified atom stereocenters. The molecule has 0 fully saturated rings. The van der Waals surface area contributed by atoms with Gasteiger partial charge in [-0.3, -0.25) is 0 Å². The lowest BCUT2D eigenvalue weighted by Crippen LogP contribution is -2.34. The number of hydrogen-bond donors (Lipinski definition) is 3. The van der Waals surface area contributed by atoms with Crippen molar-refractivity contribution in [1.29, 1.82) is 0 Å². The first-order valence-corrected chi connectivity index (χ1v) is 4.21. The summed E-state index contributed by atoms with van der Waals surface area (Å²) in [6.45, 7) is 4.27. The van der Waals surface area contributed by atoms with Crippen molar-refractivity contribution in [3.8, 4) is 0 Å². The van der Waals surface area contributed by atoms with Crippen LogP contribution in [-0.2, 0) is 0 Å². The average molecular weight is 160 g/mol. The highest BCUT2D eigenvalue weighted by Crippen LogP contribution is 2.08. The van der Waals surface area contributed by atoms with Crippen LogP contribution < -0.4 is 11.5 Å². The molecule has 1 atom stereocenters. The van der Waals surface area contributed by atoms with Gasteiger partial charge in [0.05, 0.1) is 12.3 Å². The van der Waals surface area contributed by atoms with Crippen molar-refractivity contribution in [2.24, 2.45) is 17.4 Å². The Labute approximate surface area is 68.8 Å². The second-order valence-corrected chi connectivity index (χ2v) is 3.52. The lowest BCUT2D eigenvalue weighted by atomic mass is 10.0. The van der Waals surface area contributed by atoms with Crippen molar-refractivity contribution >= 4 is 0 Å². The normalized spacial score (nSPS) is 14.5. The van der Waals surface area contributed by atoms with E-state index in [1.165, 1.54) is 0 Å². The highest BCUT2D eigenvalue weighted by Gasteiger charge is 2.07. The number of hydrogen-bond acceptors (Lipinski definition) is 3. The Balaban J connectivity index is 3.29. The quantitative estimate of drug-likeness (QED) is 0.510. The minimum absolute atomic E-state index is 0.322. The van der Waals surface area contributed by atoms with Crippen LogP contribution in [0.15, 0.2) is 0 Å². The third-order valence-corrected chi connectivity index (χ3v) is 1.62. The van der Waals surface area contributed by atoms with E-state index in [9.17, 15) is 5.11 Å². The highest BCUT2D eigenvalue weighted by atomic mass is 16.3. The van der Waals surface area contributed by atoms with Crippen LogP contribution in [0.1, 0.15) is 33.1 Å². The molecule has 0 radical (unpaired) electrons. The molecule has 0 aromatic heterocycles. The molecule has 0 spiro atoms. The van der Waals surface area contributed by atoms with Gasteiger partial charge in [-0.15, -0.1) is 0 Å². The van der Waals surface area contributed by atoms with Crippen LogP contribution in [0.2, 0.25) is 0 Å². The maximum atomic E-state index is 9.31. The monoisotopic (exact) mass is 160 g/mol. The summed E-state index contributed by atoms with van der Waals surface area (Å²) in [5, 5.41) is 9.31. The molecule has 3 heteroatoms. The summed E-state index contributed by atoms with van der Waals surface area (Å²) in [5.74, 6) is 0.638. The molecule has 3 nitrogen and oxygen atoms in total. The van der Waals surface area contributed by atoms with Gasteiger partial charge in [0.15, 0.2) is 0 Å². The van der Waals surface area contributed by atoms with Crippen molar-refractivity contribution < 1.29 is 5.11 Å². The second-order valence-electron chi connectivity index (χ2n) is 3.52. The third kappa shape index (κ3) is 7.78. The van der Waals surface area contributed by atoms with E-state index in [0.717, 1.165) is 12.8 Å². The lowest BCUT2D eigenvalue weighted by molar-refractivity contribution is 0.139. The molecule has 5 N–H and O–H groups in total. The molecule has 11 heavy (non-hydrogen) atoms. The topological polar surface area (TPSA) is 72.3 Å². The first-order valence-electron chi connectivity index (χ1n) is 4.21. The van der Waals surface area contributed by atoms with E-state index in [1.807, 2.05) is 0 Å². The molecule has 0 rings (SSSR count). The van der Waals surface area contributed by atoms with Gasteiger partial charge in [-0.2, -0.15) is 0 Å². The second kappa shape index (κ2) is 5.52. The Morgan fingerprint density at radius 2 is 1.73 bits per heavy atom. The van der Waals surface area contributed by atoms with Gasteiger partial charge in [-0.25, -0.2) is 0 Å². The van der Waals surface area contributed by atoms with E-state index >= 15 is 0 Å². The van der Waals surface area contributed by atoms with E-state index in [-0.39, 0.29) is 12.3 Å². The zero-order chi connectivity index (χ0) is 8.85.